The van der Waals surface area contributed by atoms with E-state index >= 15 is 0 Å². The molecule has 5 N–H and O–H groups in total. The number of para-hydroxylation sites is 2. The maximum Gasteiger partial charge on any atom is 0.319 e. The van der Waals surface area contributed by atoms with Crippen LogP contribution in [0.5, 0.6) is 5.75 Å². The number of carbonyl (C=O) groups is 6. The summed E-state index contributed by atoms with van der Waals surface area (Å²) in [5.74, 6) is -1.49. The van der Waals surface area contributed by atoms with Crippen molar-refractivity contribution in [3.63, 3.8) is 0 Å². The van der Waals surface area contributed by atoms with E-state index in [1.54, 1.807) is 43.0 Å². The van der Waals surface area contributed by atoms with E-state index in [0.29, 0.717) is 57.0 Å². The Balaban J connectivity index is 1.09. The number of likely N-dealkylation sites (tertiary alicyclic amines) is 1. The topological polar surface area (TPSA) is 194 Å². The summed E-state index contributed by atoms with van der Waals surface area (Å²) in [7, 11) is 1.47. The molecule has 55 heavy (non-hydrogen) atoms. The average molecular weight is 778 g/mol. The highest BCUT2D eigenvalue weighted by molar-refractivity contribution is 7.13. The molecule has 0 aliphatic carbocycles. The predicted octanol–water partition coefficient (Wildman–Crippen LogP) is 2.16. The fourth-order valence-corrected chi connectivity index (χ4v) is 7.56. The molecule has 7 amide bonds. The molecule has 2 saturated heterocycles. The summed E-state index contributed by atoms with van der Waals surface area (Å²) in [6.07, 6.45) is 1.21. The standard InChI is InChI=1S/C38H51N9O7S/c1-23(2)32(42-31(49)22-40-38(53)41-26-12-7-8-14-28(26)54-5)35(50)39-21-30(48)43-33(24(3)4)37(52)47-16-10-13-27(47)36(51)46-19-17-45(18-20-46)34-25-11-6-9-15-29(25)55-44-34/h6-9,11-12,14-15,23-24,27,32-33H,10,13,16-22H2,1-5H3,(H,39,50)(H,42,49)(H,43,48)(H2,40,41,53)/t27-,32-,33-/m0/s1. The van der Waals surface area contributed by atoms with Gasteiger partial charge in [-0.3, -0.25) is 24.0 Å². The fraction of sp³-hybridized carbons (Fsp3) is 0.500. The average Bonchev–Trinajstić information content (AvgIpc) is 3.85. The molecule has 2 aliphatic rings. The van der Waals surface area contributed by atoms with Crippen molar-refractivity contribution in [2.45, 2.75) is 58.7 Å². The molecule has 16 nitrogen and oxygen atoms in total. The number of anilines is 2. The lowest BCUT2D eigenvalue weighted by Gasteiger charge is -2.38. The molecular formula is C38H51N9O7S. The lowest BCUT2D eigenvalue weighted by atomic mass is 10.0. The summed E-state index contributed by atoms with van der Waals surface area (Å²) in [4.78, 5) is 84.5. The SMILES string of the molecule is COc1ccccc1NC(=O)NCC(=O)N[C@H](C(=O)NCC(=O)N[C@H](C(=O)N1CCC[C@H]1C(=O)N1CCN(c2nsc3ccccc23)CC1)C(C)C)C(C)C. The van der Waals surface area contributed by atoms with Crippen LogP contribution in [0.4, 0.5) is 16.3 Å². The minimum Gasteiger partial charge on any atom is -0.495 e. The molecule has 1 aromatic heterocycles. The Morgan fingerprint density at radius 1 is 0.818 bits per heavy atom. The summed E-state index contributed by atoms with van der Waals surface area (Å²) in [6, 6.07) is 11.7. The highest BCUT2D eigenvalue weighted by Crippen LogP contribution is 2.30. The molecule has 5 rings (SSSR count). The number of amides is 7. The van der Waals surface area contributed by atoms with Crippen LogP contribution in [0.1, 0.15) is 40.5 Å². The molecule has 0 saturated carbocycles. The number of fused-ring (bicyclic) bond motifs is 1. The highest BCUT2D eigenvalue weighted by atomic mass is 32.1. The molecule has 2 aliphatic heterocycles. The third-order valence-electron chi connectivity index (χ3n) is 9.77. The van der Waals surface area contributed by atoms with E-state index in [9.17, 15) is 28.8 Å². The molecule has 17 heteroatoms. The van der Waals surface area contributed by atoms with E-state index in [-0.39, 0.29) is 23.7 Å². The zero-order valence-corrected chi connectivity index (χ0v) is 32.7. The number of aromatic nitrogens is 1. The van der Waals surface area contributed by atoms with Gasteiger partial charge in [-0.15, -0.1) is 0 Å². The van der Waals surface area contributed by atoms with Gasteiger partial charge in [0.05, 0.1) is 30.6 Å². The van der Waals surface area contributed by atoms with Crippen LogP contribution in [0.25, 0.3) is 10.1 Å². The van der Waals surface area contributed by atoms with Crippen molar-refractivity contribution in [2.24, 2.45) is 11.8 Å². The first kappa shape index (κ1) is 40.7. The van der Waals surface area contributed by atoms with Gasteiger partial charge in [-0.05, 0) is 60.5 Å². The molecular weight excluding hydrogens is 727 g/mol. The lowest BCUT2D eigenvalue weighted by molar-refractivity contribution is -0.146. The minimum atomic E-state index is -0.999. The summed E-state index contributed by atoms with van der Waals surface area (Å²) in [5.41, 5.74) is 0.419. The molecule has 0 unspecified atom stereocenters. The fourth-order valence-electron chi connectivity index (χ4n) is 6.77. The molecule has 0 bridgehead atoms. The van der Waals surface area contributed by atoms with Crippen molar-refractivity contribution in [2.75, 3.05) is 63.1 Å². The monoisotopic (exact) mass is 777 g/mol. The largest absolute Gasteiger partial charge is 0.495 e. The number of benzene rings is 2. The third kappa shape index (κ3) is 10.2. The van der Waals surface area contributed by atoms with E-state index in [4.69, 9.17) is 4.74 Å². The van der Waals surface area contributed by atoms with Gasteiger partial charge in [0.15, 0.2) is 0 Å². The van der Waals surface area contributed by atoms with E-state index in [1.165, 1.54) is 18.6 Å². The Morgan fingerprint density at radius 3 is 2.15 bits per heavy atom. The van der Waals surface area contributed by atoms with Crippen LogP contribution in [0.2, 0.25) is 0 Å². The summed E-state index contributed by atoms with van der Waals surface area (Å²) < 4.78 is 11.0. The summed E-state index contributed by atoms with van der Waals surface area (Å²) in [5, 5.41) is 14.1. The van der Waals surface area contributed by atoms with Gasteiger partial charge in [0.1, 0.15) is 29.7 Å². The molecule has 3 heterocycles. The second-order valence-electron chi connectivity index (χ2n) is 14.3. The van der Waals surface area contributed by atoms with E-state index in [1.807, 2.05) is 36.9 Å². The van der Waals surface area contributed by atoms with Crippen LogP contribution in [0.3, 0.4) is 0 Å². The molecule has 296 valence electrons. The van der Waals surface area contributed by atoms with E-state index in [0.717, 1.165) is 15.9 Å². The number of hydrogen-bond donors (Lipinski definition) is 5. The summed E-state index contributed by atoms with van der Waals surface area (Å²) in [6.45, 7) is 8.95. The number of ether oxygens (including phenoxy) is 1. The van der Waals surface area contributed by atoms with Gasteiger partial charge in [0.2, 0.25) is 29.5 Å². The Labute approximate surface area is 324 Å². The number of piperazine rings is 1. The molecule has 3 aromatic rings. The number of hydrogen-bond acceptors (Lipinski definition) is 10. The van der Waals surface area contributed by atoms with Crippen LogP contribution in [-0.4, -0.2) is 121 Å². The predicted molar refractivity (Wildman–Crippen MR) is 210 cm³/mol. The van der Waals surface area contributed by atoms with Crippen molar-refractivity contribution >= 4 is 68.7 Å². The number of nitrogens with one attached hydrogen (secondary N) is 5. The van der Waals surface area contributed by atoms with Crippen LogP contribution in [0.15, 0.2) is 48.5 Å². The Kier molecular flexibility index (Phi) is 13.9. The quantitative estimate of drug-likeness (QED) is 0.163. The molecule has 2 fully saturated rings. The van der Waals surface area contributed by atoms with E-state index < -0.39 is 55.0 Å². The number of urea groups is 1. The van der Waals surface area contributed by atoms with Crippen molar-refractivity contribution in [3.8, 4) is 5.75 Å². The van der Waals surface area contributed by atoms with Crippen LogP contribution in [0, 0.1) is 11.8 Å². The minimum absolute atomic E-state index is 0.0937. The van der Waals surface area contributed by atoms with Gasteiger partial charge in [0.25, 0.3) is 0 Å². The zero-order chi connectivity index (χ0) is 39.6. The normalized spacial score (nSPS) is 16.8. The van der Waals surface area contributed by atoms with Crippen molar-refractivity contribution in [1.29, 1.82) is 0 Å². The van der Waals surface area contributed by atoms with Gasteiger partial charge < -0.3 is 46.0 Å². The van der Waals surface area contributed by atoms with Crippen molar-refractivity contribution in [3.05, 3.63) is 48.5 Å². The Bertz CT molecular complexity index is 1860. The maximum atomic E-state index is 13.9. The van der Waals surface area contributed by atoms with Gasteiger partial charge in [-0.2, -0.15) is 4.37 Å². The first-order chi connectivity index (χ1) is 26.4. The maximum absolute atomic E-state index is 13.9. The van der Waals surface area contributed by atoms with Crippen LogP contribution in [-0.2, 0) is 24.0 Å². The molecule has 2 aromatic carbocycles. The van der Waals surface area contributed by atoms with Crippen LogP contribution < -0.4 is 36.2 Å². The second-order valence-corrected chi connectivity index (χ2v) is 15.1. The number of nitrogens with zero attached hydrogens (tertiary/aromatic N) is 4. The van der Waals surface area contributed by atoms with Gasteiger partial charge in [-0.1, -0.05) is 52.0 Å². The van der Waals surface area contributed by atoms with Gasteiger partial charge in [0, 0.05) is 38.1 Å². The molecule has 0 radical (unpaired) electrons. The number of rotatable bonds is 14. The zero-order valence-electron chi connectivity index (χ0n) is 31.9. The Hall–Kier alpha value is -5.45. The first-order valence-electron chi connectivity index (χ1n) is 18.6. The van der Waals surface area contributed by atoms with Crippen molar-refractivity contribution in [1.82, 2.24) is 35.4 Å². The molecule has 3 atom stereocenters. The second kappa shape index (κ2) is 18.7. The van der Waals surface area contributed by atoms with E-state index in [2.05, 4.69) is 41.9 Å². The third-order valence-corrected chi connectivity index (χ3v) is 10.6. The highest BCUT2D eigenvalue weighted by Gasteiger charge is 2.41. The smallest absolute Gasteiger partial charge is 0.319 e. The first-order valence-corrected chi connectivity index (χ1v) is 19.4. The molecule has 0 spiro atoms. The Morgan fingerprint density at radius 2 is 1.45 bits per heavy atom. The lowest BCUT2D eigenvalue weighted by Crippen LogP contribution is -2.58. The van der Waals surface area contributed by atoms with Gasteiger partial charge in [-0.25, -0.2) is 4.79 Å². The summed E-state index contributed by atoms with van der Waals surface area (Å²) >= 11 is 1.46. The van der Waals surface area contributed by atoms with Crippen LogP contribution >= 0.6 is 11.5 Å². The van der Waals surface area contributed by atoms with Crippen molar-refractivity contribution < 1.29 is 33.5 Å². The number of carbonyl (C=O) groups excluding carboxylic acids is 6. The van der Waals surface area contributed by atoms with Gasteiger partial charge >= 0.3 is 6.03 Å². The number of methoxy groups -OCH3 is 1.